The van der Waals surface area contributed by atoms with Crippen LogP contribution in [0, 0.1) is 13.8 Å². The lowest BCUT2D eigenvalue weighted by molar-refractivity contribution is -0.119. The summed E-state index contributed by atoms with van der Waals surface area (Å²) in [6, 6.07) is 15.2. The molecule has 0 fully saturated rings. The van der Waals surface area contributed by atoms with Gasteiger partial charge < -0.3 is 19.4 Å². The summed E-state index contributed by atoms with van der Waals surface area (Å²) in [4.78, 5) is 47.8. The second kappa shape index (κ2) is 10.6. The van der Waals surface area contributed by atoms with Gasteiger partial charge in [0, 0.05) is 36.1 Å². The zero-order chi connectivity index (χ0) is 24.8. The van der Waals surface area contributed by atoms with Crippen molar-refractivity contribution in [1.82, 2.24) is 9.88 Å². The molecule has 0 spiro atoms. The zero-order valence-corrected chi connectivity index (χ0v) is 19.5. The van der Waals surface area contributed by atoms with Gasteiger partial charge in [0.25, 0.3) is 0 Å². The molecule has 0 saturated heterocycles. The Kier molecular flexibility index (Phi) is 7.63. The van der Waals surface area contributed by atoms with Crippen LogP contribution in [0.3, 0.4) is 0 Å². The number of carbonyl (C=O) groups is 4. The molecule has 176 valence electrons. The van der Waals surface area contributed by atoms with E-state index in [-0.39, 0.29) is 11.7 Å². The zero-order valence-electron chi connectivity index (χ0n) is 19.5. The topological polar surface area (TPSA) is 104 Å². The third-order valence-corrected chi connectivity index (χ3v) is 5.34. The highest BCUT2D eigenvalue weighted by Gasteiger charge is 2.19. The number of aryl methyl sites for hydroxylation is 1. The number of aromatic nitrogens is 1. The standard InChI is InChI=1S/C26H26N2O6/c1-16-13-23(17(2)28(16)22-11-9-20(10-12-22)25(31)33-4)24(30)15-34-26(32)21-7-5-19(6-8-21)14-27-18(3)29/h5-13H,14-15H2,1-4H3,(H,27,29). The van der Waals surface area contributed by atoms with Crippen molar-refractivity contribution in [2.24, 2.45) is 0 Å². The van der Waals surface area contributed by atoms with Crippen LogP contribution in [0.25, 0.3) is 5.69 Å². The molecule has 1 N–H and O–H groups in total. The first-order valence-electron chi connectivity index (χ1n) is 10.6. The van der Waals surface area contributed by atoms with Gasteiger partial charge in [-0.3, -0.25) is 9.59 Å². The SMILES string of the molecule is COC(=O)c1ccc(-n2c(C)cc(C(=O)COC(=O)c3ccc(CNC(C)=O)cc3)c2C)cc1. The number of methoxy groups -OCH3 is 1. The van der Waals surface area contributed by atoms with E-state index in [1.807, 2.05) is 18.4 Å². The molecule has 2 aromatic carbocycles. The van der Waals surface area contributed by atoms with Crippen molar-refractivity contribution in [3.63, 3.8) is 0 Å². The van der Waals surface area contributed by atoms with Gasteiger partial charge in [0.05, 0.1) is 18.2 Å². The van der Waals surface area contributed by atoms with Gasteiger partial charge in [0.1, 0.15) is 0 Å². The van der Waals surface area contributed by atoms with E-state index in [0.29, 0.717) is 28.9 Å². The Bertz CT molecular complexity index is 1220. The molecule has 0 bridgehead atoms. The van der Waals surface area contributed by atoms with Crippen molar-refractivity contribution in [2.45, 2.75) is 27.3 Å². The van der Waals surface area contributed by atoms with Crippen molar-refractivity contribution in [3.8, 4) is 5.69 Å². The highest BCUT2D eigenvalue weighted by molar-refractivity contribution is 6.00. The number of hydrogen-bond donors (Lipinski definition) is 1. The molecular formula is C26H26N2O6. The van der Waals surface area contributed by atoms with Crippen LogP contribution >= 0.6 is 0 Å². The first kappa shape index (κ1) is 24.4. The fraction of sp³-hybridized carbons (Fsp3) is 0.231. The van der Waals surface area contributed by atoms with E-state index in [0.717, 1.165) is 16.9 Å². The van der Waals surface area contributed by atoms with Gasteiger partial charge in [0.15, 0.2) is 6.61 Å². The molecule has 1 aromatic heterocycles. The van der Waals surface area contributed by atoms with Crippen LogP contribution < -0.4 is 5.32 Å². The molecule has 8 heteroatoms. The van der Waals surface area contributed by atoms with Gasteiger partial charge in [-0.15, -0.1) is 0 Å². The summed E-state index contributed by atoms with van der Waals surface area (Å²) in [5, 5.41) is 2.68. The number of ether oxygens (including phenoxy) is 2. The summed E-state index contributed by atoms with van der Waals surface area (Å²) in [6.45, 7) is 5.08. The third kappa shape index (κ3) is 5.58. The maximum absolute atomic E-state index is 12.8. The number of carbonyl (C=O) groups excluding carboxylic acids is 4. The second-order valence-electron chi connectivity index (χ2n) is 7.76. The molecule has 3 rings (SSSR count). The smallest absolute Gasteiger partial charge is 0.338 e. The number of Topliss-reactive ketones (excluding diaryl/α,β-unsaturated/α-hetero) is 1. The Balaban J connectivity index is 1.67. The van der Waals surface area contributed by atoms with Crippen molar-refractivity contribution >= 4 is 23.6 Å². The van der Waals surface area contributed by atoms with Gasteiger partial charge in [-0.2, -0.15) is 0 Å². The molecule has 0 unspecified atom stereocenters. The maximum atomic E-state index is 12.8. The predicted molar refractivity (Wildman–Crippen MR) is 125 cm³/mol. The number of nitrogens with one attached hydrogen (secondary N) is 1. The monoisotopic (exact) mass is 462 g/mol. The average Bonchev–Trinajstić information content (AvgIpc) is 3.14. The summed E-state index contributed by atoms with van der Waals surface area (Å²) in [6.07, 6.45) is 0. The fourth-order valence-electron chi connectivity index (χ4n) is 3.58. The summed E-state index contributed by atoms with van der Waals surface area (Å²) in [5.74, 6) is -1.49. The predicted octanol–water partition coefficient (Wildman–Crippen LogP) is 3.56. The normalized spacial score (nSPS) is 10.5. The Morgan fingerprint density at radius 2 is 1.47 bits per heavy atom. The molecule has 0 atom stereocenters. The Labute approximate surface area is 197 Å². The summed E-state index contributed by atoms with van der Waals surface area (Å²) in [7, 11) is 1.32. The van der Waals surface area contributed by atoms with E-state index in [9.17, 15) is 19.2 Å². The molecule has 3 aromatic rings. The van der Waals surface area contributed by atoms with Crippen molar-refractivity contribution in [2.75, 3.05) is 13.7 Å². The number of nitrogens with zero attached hydrogens (tertiary/aromatic N) is 1. The quantitative estimate of drug-likeness (QED) is 0.406. The van der Waals surface area contributed by atoms with Crippen LogP contribution in [0.4, 0.5) is 0 Å². The summed E-state index contributed by atoms with van der Waals surface area (Å²) < 4.78 is 11.8. The first-order valence-corrected chi connectivity index (χ1v) is 10.6. The van der Waals surface area contributed by atoms with E-state index in [1.165, 1.54) is 14.0 Å². The minimum atomic E-state index is -0.605. The largest absolute Gasteiger partial charge is 0.465 e. The molecule has 0 aliphatic rings. The van der Waals surface area contributed by atoms with E-state index in [4.69, 9.17) is 9.47 Å². The number of esters is 2. The highest BCUT2D eigenvalue weighted by Crippen LogP contribution is 2.22. The lowest BCUT2D eigenvalue weighted by atomic mass is 10.1. The van der Waals surface area contributed by atoms with E-state index in [2.05, 4.69) is 5.32 Å². The molecule has 0 radical (unpaired) electrons. The summed E-state index contributed by atoms with van der Waals surface area (Å²) in [5.41, 5.74) is 4.36. The van der Waals surface area contributed by atoms with Crippen molar-refractivity contribution in [3.05, 3.63) is 88.2 Å². The van der Waals surface area contributed by atoms with E-state index < -0.39 is 18.5 Å². The van der Waals surface area contributed by atoms with Crippen molar-refractivity contribution < 1.29 is 28.7 Å². The number of amides is 1. The molecular weight excluding hydrogens is 436 g/mol. The van der Waals surface area contributed by atoms with Crippen molar-refractivity contribution in [1.29, 1.82) is 0 Å². The first-order chi connectivity index (χ1) is 16.2. The Morgan fingerprint density at radius 3 is 2.06 bits per heavy atom. The van der Waals surface area contributed by atoms with Crippen LogP contribution in [0.15, 0.2) is 54.6 Å². The van der Waals surface area contributed by atoms with Gasteiger partial charge in [-0.05, 0) is 61.9 Å². The van der Waals surface area contributed by atoms with Gasteiger partial charge in [0.2, 0.25) is 11.7 Å². The third-order valence-electron chi connectivity index (χ3n) is 5.34. The Morgan fingerprint density at radius 1 is 0.882 bits per heavy atom. The second-order valence-corrected chi connectivity index (χ2v) is 7.76. The lowest BCUT2D eigenvalue weighted by Crippen LogP contribution is -2.19. The molecule has 1 heterocycles. The van der Waals surface area contributed by atoms with Crippen LogP contribution in [0.2, 0.25) is 0 Å². The maximum Gasteiger partial charge on any atom is 0.338 e. The lowest BCUT2D eigenvalue weighted by Gasteiger charge is -2.11. The number of ketones is 1. The van der Waals surface area contributed by atoms with Gasteiger partial charge in [-0.1, -0.05) is 12.1 Å². The highest BCUT2D eigenvalue weighted by atomic mass is 16.5. The molecule has 0 aliphatic heterocycles. The van der Waals surface area contributed by atoms with Gasteiger partial charge in [-0.25, -0.2) is 9.59 Å². The van der Waals surface area contributed by atoms with Gasteiger partial charge >= 0.3 is 11.9 Å². The van der Waals surface area contributed by atoms with Crippen LogP contribution in [0.1, 0.15) is 54.9 Å². The molecule has 0 aliphatic carbocycles. The Hall–Kier alpha value is -4.20. The number of hydrogen-bond acceptors (Lipinski definition) is 6. The van der Waals surface area contributed by atoms with E-state index >= 15 is 0 Å². The molecule has 34 heavy (non-hydrogen) atoms. The number of benzene rings is 2. The minimum absolute atomic E-state index is 0.139. The average molecular weight is 463 g/mol. The molecule has 1 amide bonds. The summed E-state index contributed by atoms with van der Waals surface area (Å²) >= 11 is 0. The molecule has 0 saturated carbocycles. The molecule has 8 nitrogen and oxygen atoms in total. The van der Waals surface area contributed by atoms with Crippen LogP contribution in [-0.2, 0) is 20.8 Å². The number of rotatable bonds is 8. The van der Waals surface area contributed by atoms with Crippen LogP contribution in [0.5, 0.6) is 0 Å². The fourth-order valence-corrected chi connectivity index (χ4v) is 3.58. The van der Waals surface area contributed by atoms with Crippen LogP contribution in [-0.4, -0.2) is 41.9 Å². The van der Waals surface area contributed by atoms with E-state index in [1.54, 1.807) is 54.6 Å². The minimum Gasteiger partial charge on any atom is -0.465 e.